The summed E-state index contributed by atoms with van der Waals surface area (Å²) in [4.78, 5) is 35.2. The highest BCUT2D eigenvalue weighted by atomic mass is 32.2. The number of nitrogens with zero attached hydrogens (tertiary/aromatic N) is 2. The lowest BCUT2D eigenvalue weighted by Crippen LogP contribution is -2.27. The minimum absolute atomic E-state index is 0.0718. The van der Waals surface area contributed by atoms with Crippen LogP contribution >= 0.6 is 11.8 Å². The zero-order valence-electron chi connectivity index (χ0n) is 9.74. The van der Waals surface area contributed by atoms with Crippen molar-refractivity contribution in [3.63, 3.8) is 0 Å². The van der Waals surface area contributed by atoms with Crippen LogP contribution in [0.15, 0.2) is 23.4 Å². The number of carbonyl (C=O) groups excluding carboxylic acids is 1. The maximum Gasteiger partial charge on any atom is 0.305 e. The second-order valence-corrected chi connectivity index (χ2v) is 4.39. The molecule has 0 unspecified atom stereocenters. The first-order chi connectivity index (χ1) is 8.99. The summed E-state index contributed by atoms with van der Waals surface area (Å²) in [7, 11) is 0. The summed E-state index contributed by atoms with van der Waals surface area (Å²) in [6.07, 6.45) is 0.983. The fourth-order valence-corrected chi connectivity index (χ4v) is 1.74. The third-order valence-corrected chi connectivity index (χ3v) is 2.89. The van der Waals surface area contributed by atoms with Crippen LogP contribution < -0.4 is 5.32 Å². The van der Waals surface area contributed by atoms with E-state index in [0.29, 0.717) is 5.03 Å². The van der Waals surface area contributed by atoms with Gasteiger partial charge in [-0.2, -0.15) is 0 Å². The van der Waals surface area contributed by atoms with E-state index in [2.05, 4.69) is 10.3 Å². The molecule has 1 aromatic heterocycles. The van der Waals surface area contributed by atoms with Gasteiger partial charge in [0.25, 0.3) is 5.69 Å². The van der Waals surface area contributed by atoms with E-state index in [-0.39, 0.29) is 30.3 Å². The summed E-state index contributed by atoms with van der Waals surface area (Å²) >= 11 is 1.11. The number of carbonyl (C=O) groups is 2. The van der Waals surface area contributed by atoms with Gasteiger partial charge in [0.15, 0.2) is 0 Å². The minimum Gasteiger partial charge on any atom is -0.481 e. The molecule has 1 aromatic rings. The van der Waals surface area contributed by atoms with Gasteiger partial charge in [-0.05, 0) is 6.07 Å². The normalized spacial score (nSPS) is 9.89. The van der Waals surface area contributed by atoms with Gasteiger partial charge >= 0.3 is 5.97 Å². The average molecular weight is 285 g/mol. The summed E-state index contributed by atoms with van der Waals surface area (Å²) in [5, 5.41) is 21.7. The number of aromatic nitrogens is 1. The Morgan fingerprint density at radius 3 is 2.74 bits per heavy atom. The maximum absolute atomic E-state index is 11.3. The number of rotatable bonds is 7. The molecule has 9 heteroatoms. The molecule has 0 saturated heterocycles. The Morgan fingerprint density at radius 2 is 2.21 bits per heavy atom. The predicted molar refractivity (Wildman–Crippen MR) is 66.9 cm³/mol. The van der Waals surface area contributed by atoms with Crippen molar-refractivity contribution in [1.82, 2.24) is 10.3 Å². The van der Waals surface area contributed by atoms with E-state index in [0.717, 1.165) is 18.0 Å². The highest BCUT2D eigenvalue weighted by Crippen LogP contribution is 2.17. The molecule has 0 aromatic carbocycles. The summed E-state index contributed by atoms with van der Waals surface area (Å²) < 4.78 is 0. The minimum atomic E-state index is -0.981. The van der Waals surface area contributed by atoms with Gasteiger partial charge in [-0.15, -0.1) is 0 Å². The molecule has 8 nitrogen and oxygen atoms in total. The van der Waals surface area contributed by atoms with Crippen molar-refractivity contribution in [3.05, 3.63) is 28.4 Å². The number of hydrogen-bond acceptors (Lipinski definition) is 6. The van der Waals surface area contributed by atoms with Crippen molar-refractivity contribution < 1.29 is 19.6 Å². The molecular weight excluding hydrogens is 274 g/mol. The van der Waals surface area contributed by atoms with Crippen molar-refractivity contribution in [3.8, 4) is 0 Å². The fraction of sp³-hybridized carbons (Fsp3) is 0.300. The molecule has 0 aliphatic carbocycles. The van der Waals surface area contributed by atoms with E-state index in [9.17, 15) is 19.7 Å². The van der Waals surface area contributed by atoms with Crippen molar-refractivity contribution >= 4 is 29.3 Å². The lowest BCUT2D eigenvalue weighted by molar-refractivity contribution is -0.385. The van der Waals surface area contributed by atoms with Gasteiger partial charge in [0.2, 0.25) is 5.91 Å². The Morgan fingerprint density at radius 1 is 1.47 bits per heavy atom. The van der Waals surface area contributed by atoms with Gasteiger partial charge in [0.1, 0.15) is 6.20 Å². The van der Waals surface area contributed by atoms with Crippen molar-refractivity contribution in [1.29, 1.82) is 0 Å². The first-order valence-electron chi connectivity index (χ1n) is 5.21. The maximum atomic E-state index is 11.3. The van der Waals surface area contributed by atoms with Gasteiger partial charge < -0.3 is 10.4 Å². The topological polar surface area (TPSA) is 122 Å². The fourth-order valence-electron chi connectivity index (χ4n) is 1.07. The molecule has 0 atom stereocenters. The Balaban J connectivity index is 2.33. The molecule has 0 spiro atoms. The van der Waals surface area contributed by atoms with Crippen LogP contribution in [0.2, 0.25) is 0 Å². The van der Waals surface area contributed by atoms with E-state index in [1.807, 2.05) is 0 Å². The number of carboxylic acids is 1. The number of carboxylic acid groups (broad SMARTS) is 1. The number of nitrogens with one attached hydrogen (secondary N) is 1. The monoisotopic (exact) mass is 285 g/mol. The number of hydrogen-bond donors (Lipinski definition) is 2. The van der Waals surface area contributed by atoms with Crippen LogP contribution in [-0.2, 0) is 9.59 Å². The molecule has 1 heterocycles. The van der Waals surface area contributed by atoms with Crippen molar-refractivity contribution in [2.24, 2.45) is 0 Å². The third kappa shape index (κ3) is 5.82. The Hall–Kier alpha value is -2.16. The van der Waals surface area contributed by atoms with Gasteiger partial charge in [-0.3, -0.25) is 19.7 Å². The van der Waals surface area contributed by atoms with Crippen LogP contribution in [0.5, 0.6) is 0 Å². The van der Waals surface area contributed by atoms with Gasteiger partial charge in [0, 0.05) is 12.6 Å². The molecular formula is C10H11N3O5S. The van der Waals surface area contributed by atoms with Crippen molar-refractivity contribution in [2.45, 2.75) is 11.4 Å². The molecule has 102 valence electrons. The van der Waals surface area contributed by atoms with Crippen LogP contribution in [0.3, 0.4) is 0 Å². The second-order valence-electron chi connectivity index (χ2n) is 3.39. The predicted octanol–water partition coefficient (Wildman–Crippen LogP) is 0.673. The van der Waals surface area contributed by atoms with Gasteiger partial charge in [-0.25, -0.2) is 4.98 Å². The average Bonchev–Trinajstić information content (AvgIpc) is 2.36. The number of amides is 1. The summed E-state index contributed by atoms with van der Waals surface area (Å²) in [6, 6.07) is 2.75. The van der Waals surface area contributed by atoms with Crippen molar-refractivity contribution in [2.75, 3.05) is 12.3 Å². The molecule has 0 radical (unpaired) electrons. The molecule has 1 rings (SSSR count). The summed E-state index contributed by atoms with van der Waals surface area (Å²) in [5.74, 6) is -1.22. The Bertz CT molecular complexity index is 477. The van der Waals surface area contributed by atoms with Crippen LogP contribution in [0.4, 0.5) is 5.69 Å². The standard InChI is InChI=1S/C10H11N3O5S/c14-8(11-4-3-10(15)16)6-19-9-2-1-7(5-12-9)13(17)18/h1-2,5H,3-4,6H2,(H,11,14)(H,15,16). The molecule has 2 N–H and O–H groups in total. The smallest absolute Gasteiger partial charge is 0.305 e. The molecule has 0 aliphatic heterocycles. The van der Waals surface area contributed by atoms with E-state index < -0.39 is 10.9 Å². The molecule has 0 saturated carbocycles. The first kappa shape index (κ1) is 14.9. The number of nitro groups is 1. The highest BCUT2D eigenvalue weighted by molar-refractivity contribution is 7.99. The van der Waals surface area contributed by atoms with Crippen LogP contribution in [0.25, 0.3) is 0 Å². The SMILES string of the molecule is O=C(O)CCNC(=O)CSc1ccc([N+](=O)[O-])cn1. The summed E-state index contributed by atoms with van der Waals surface area (Å²) in [5.41, 5.74) is -0.116. The zero-order chi connectivity index (χ0) is 14.3. The lowest BCUT2D eigenvalue weighted by Gasteiger charge is -2.02. The molecule has 1 amide bonds. The quantitative estimate of drug-likeness (QED) is 0.429. The Labute approximate surface area is 112 Å². The van der Waals surface area contributed by atoms with Gasteiger partial charge in [-0.1, -0.05) is 11.8 Å². The number of pyridine rings is 1. The highest BCUT2D eigenvalue weighted by Gasteiger charge is 2.07. The van der Waals surface area contributed by atoms with Crippen LogP contribution in [0.1, 0.15) is 6.42 Å². The molecule has 0 bridgehead atoms. The molecule has 19 heavy (non-hydrogen) atoms. The van der Waals surface area contributed by atoms with E-state index >= 15 is 0 Å². The number of thioether (sulfide) groups is 1. The zero-order valence-corrected chi connectivity index (χ0v) is 10.6. The largest absolute Gasteiger partial charge is 0.481 e. The lowest BCUT2D eigenvalue weighted by atomic mass is 10.4. The second kappa shape index (κ2) is 7.31. The molecule has 0 fully saturated rings. The Kier molecular flexibility index (Phi) is 5.73. The van der Waals surface area contributed by atoms with Gasteiger partial charge in [0.05, 0.1) is 22.1 Å². The van der Waals surface area contributed by atoms with E-state index in [1.165, 1.54) is 12.1 Å². The third-order valence-electron chi connectivity index (χ3n) is 1.94. The van der Waals surface area contributed by atoms with Crippen LogP contribution in [0, 0.1) is 10.1 Å². The number of aliphatic carboxylic acids is 1. The van der Waals surface area contributed by atoms with Crippen LogP contribution in [-0.4, -0.2) is 39.2 Å². The van der Waals surface area contributed by atoms with E-state index in [1.54, 1.807) is 0 Å². The first-order valence-corrected chi connectivity index (χ1v) is 6.19. The summed E-state index contributed by atoms with van der Waals surface area (Å²) in [6.45, 7) is 0.0718. The molecule has 0 aliphatic rings. The van der Waals surface area contributed by atoms with E-state index in [4.69, 9.17) is 5.11 Å².